The highest BCUT2D eigenvalue weighted by molar-refractivity contribution is 5.94. The SMILES string of the molecule is Cc1ccc(C(=O)N2CCc3c(ncnc3N3CCN(C4CCC4)CC3)C2)cc1. The summed E-state index contributed by atoms with van der Waals surface area (Å²) < 4.78 is 0. The second-order valence-corrected chi connectivity index (χ2v) is 8.57. The Labute approximate surface area is 172 Å². The Kier molecular flexibility index (Phi) is 4.96. The molecule has 0 N–H and O–H groups in total. The van der Waals surface area contributed by atoms with E-state index in [1.807, 2.05) is 36.1 Å². The molecule has 0 radical (unpaired) electrons. The zero-order valence-electron chi connectivity index (χ0n) is 17.2. The Hall–Kier alpha value is -2.47. The Bertz CT molecular complexity index is 885. The monoisotopic (exact) mass is 391 g/mol. The van der Waals surface area contributed by atoms with E-state index < -0.39 is 0 Å². The van der Waals surface area contributed by atoms with Gasteiger partial charge in [-0.2, -0.15) is 0 Å². The number of benzene rings is 1. The van der Waals surface area contributed by atoms with Crippen molar-refractivity contribution >= 4 is 11.7 Å². The Morgan fingerprint density at radius 2 is 1.76 bits per heavy atom. The molecule has 0 unspecified atom stereocenters. The van der Waals surface area contributed by atoms with Gasteiger partial charge in [-0.25, -0.2) is 9.97 Å². The van der Waals surface area contributed by atoms with E-state index in [4.69, 9.17) is 0 Å². The Balaban J connectivity index is 1.29. The molecule has 6 nitrogen and oxygen atoms in total. The summed E-state index contributed by atoms with van der Waals surface area (Å²) in [4.78, 5) is 29.1. The molecule has 3 aliphatic rings. The molecule has 1 saturated carbocycles. The first-order valence-electron chi connectivity index (χ1n) is 10.9. The van der Waals surface area contributed by atoms with Gasteiger partial charge in [0, 0.05) is 49.9 Å². The number of carbonyl (C=O) groups excluding carboxylic acids is 1. The van der Waals surface area contributed by atoms with Crippen LogP contribution in [0.4, 0.5) is 5.82 Å². The van der Waals surface area contributed by atoms with Gasteiger partial charge in [0.15, 0.2) is 0 Å². The number of hydrogen-bond acceptors (Lipinski definition) is 5. The van der Waals surface area contributed by atoms with Gasteiger partial charge in [-0.05, 0) is 38.3 Å². The lowest BCUT2D eigenvalue weighted by Crippen LogP contribution is -2.52. The number of rotatable bonds is 3. The first kappa shape index (κ1) is 18.6. The summed E-state index contributed by atoms with van der Waals surface area (Å²) in [6.07, 6.45) is 6.63. The fraction of sp³-hybridized carbons (Fsp3) is 0.522. The molecule has 1 saturated heterocycles. The number of fused-ring (bicyclic) bond motifs is 1. The highest BCUT2D eigenvalue weighted by Crippen LogP contribution is 2.29. The Morgan fingerprint density at radius 3 is 2.45 bits per heavy atom. The van der Waals surface area contributed by atoms with Crippen LogP contribution in [0.2, 0.25) is 0 Å². The van der Waals surface area contributed by atoms with Crippen LogP contribution in [0.3, 0.4) is 0 Å². The van der Waals surface area contributed by atoms with E-state index in [2.05, 4.69) is 19.8 Å². The lowest BCUT2D eigenvalue weighted by Gasteiger charge is -2.43. The van der Waals surface area contributed by atoms with Gasteiger partial charge in [0.05, 0.1) is 12.2 Å². The number of piperazine rings is 1. The molecule has 3 heterocycles. The quantitative estimate of drug-likeness (QED) is 0.805. The molecule has 0 bridgehead atoms. The van der Waals surface area contributed by atoms with Gasteiger partial charge in [0.25, 0.3) is 5.91 Å². The fourth-order valence-corrected chi connectivity index (χ4v) is 4.71. The maximum absolute atomic E-state index is 12.9. The van der Waals surface area contributed by atoms with Gasteiger partial charge in [0.1, 0.15) is 12.1 Å². The second-order valence-electron chi connectivity index (χ2n) is 8.57. The zero-order valence-corrected chi connectivity index (χ0v) is 17.2. The van der Waals surface area contributed by atoms with E-state index in [0.717, 1.165) is 62.3 Å². The predicted molar refractivity (Wildman–Crippen MR) is 113 cm³/mol. The normalized spacial score (nSPS) is 20.3. The minimum atomic E-state index is 0.0879. The van der Waals surface area contributed by atoms with E-state index in [0.29, 0.717) is 6.54 Å². The summed E-state index contributed by atoms with van der Waals surface area (Å²) >= 11 is 0. The van der Waals surface area contributed by atoms with Crippen LogP contribution in [0, 0.1) is 6.92 Å². The molecule has 5 rings (SSSR count). The molecular weight excluding hydrogens is 362 g/mol. The van der Waals surface area contributed by atoms with Gasteiger partial charge in [-0.3, -0.25) is 9.69 Å². The third kappa shape index (κ3) is 3.62. The topological polar surface area (TPSA) is 52.6 Å². The van der Waals surface area contributed by atoms with Gasteiger partial charge in [0.2, 0.25) is 0 Å². The van der Waals surface area contributed by atoms with Crippen molar-refractivity contribution in [1.29, 1.82) is 0 Å². The minimum absolute atomic E-state index is 0.0879. The predicted octanol–water partition coefficient (Wildman–Crippen LogP) is 2.66. The lowest BCUT2D eigenvalue weighted by molar-refractivity contribution is 0.0731. The smallest absolute Gasteiger partial charge is 0.254 e. The van der Waals surface area contributed by atoms with E-state index >= 15 is 0 Å². The number of carbonyl (C=O) groups is 1. The van der Waals surface area contributed by atoms with Gasteiger partial charge in [-0.15, -0.1) is 0 Å². The third-order valence-corrected chi connectivity index (χ3v) is 6.77. The molecule has 6 heteroatoms. The highest BCUT2D eigenvalue weighted by Gasteiger charge is 2.31. The van der Waals surface area contributed by atoms with Crippen molar-refractivity contribution in [2.45, 2.75) is 45.2 Å². The molecule has 2 aliphatic heterocycles. The zero-order chi connectivity index (χ0) is 19.8. The summed E-state index contributed by atoms with van der Waals surface area (Å²) in [6.45, 7) is 7.65. The molecule has 2 aromatic rings. The summed E-state index contributed by atoms with van der Waals surface area (Å²) in [5, 5.41) is 0. The summed E-state index contributed by atoms with van der Waals surface area (Å²) in [6, 6.07) is 8.64. The largest absolute Gasteiger partial charge is 0.354 e. The van der Waals surface area contributed by atoms with Crippen molar-refractivity contribution in [3.8, 4) is 0 Å². The number of hydrogen-bond donors (Lipinski definition) is 0. The van der Waals surface area contributed by atoms with Crippen LogP contribution in [0.5, 0.6) is 0 Å². The van der Waals surface area contributed by atoms with Gasteiger partial charge < -0.3 is 9.80 Å². The first-order valence-corrected chi connectivity index (χ1v) is 10.9. The van der Waals surface area contributed by atoms with Crippen molar-refractivity contribution in [2.24, 2.45) is 0 Å². The molecular formula is C23H29N5O. The molecule has 1 amide bonds. The number of aryl methyl sites for hydroxylation is 1. The number of anilines is 1. The maximum atomic E-state index is 12.9. The maximum Gasteiger partial charge on any atom is 0.254 e. The molecule has 1 aliphatic carbocycles. The second kappa shape index (κ2) is 7.75. The van der Waals surface area contributed by atoms with Crippen LogP contribution in [-0.2, 0) is 13.0 Å². The molecule has 152 valence electrons. The van der Waals surface area contributed by atoms with Gasteiger partial charge >= 0.3 is 0 Å². The van der Waals surface area contributed by atoms with Crippen molar-refractivity contribution in [2.75, 3.05) is 37.6 Å². The van der Waals surface area contributed by atoms with Crippen LogP contribution in [-0.4, -0.2) is 64.4 Å². The number of nitrogens with zero attached hydrogens (tertiary/aromatic N) is 5. The molecule has 2 fully saturated rings. The summed E-state index contributed by atoms with van der Waals surface area (Å²) in [5.41, 5.74) is 4.15. The van der Waals surface area contributed by atoms with E-state index in [9.17, 15) is 4.79 Å². The van der Waals surface area contributed by atoms with Crippen LogP contribution >= 0.6 is 0 Å². The van der Waals surface area contributed by atoms with Crippen molar-refractivity contribution in [1.82, 2.24) is 19.8 Å². The van der Waals surface area contributed by atoms with Gasteiger partial charge in [-0.1, -0.05) is 24.1 Å². The average Bonchev–Trinajstić information content (AvgIpc) is 2.72. The minimum Gasteiger partial charge on any atom is -0.354 e. The van der Waals surface area contributed by atoms with Crippen molar-refractivity contribution in [3.63, 3.8) is 0 Å². The highest BCUT2D eigenvalue weighted by atomic mass is 16.2. The van der Waals surface area contributed by atoms with Crippen molar-refractivity contribution < 1.29 is 4.79 Å². The average molecular weight is 392 g/mol. The molecule has 0 spiro atoms. The Morgan fingerprint density at radius 1 is 1.00 bits per heavy atom. The van der Waals surface area contributed by atoms with E-state index in [1.165, 1.54) is 30.4 Å². The van der Waals surface area contributed by atoms with Crippen LogP contribution in [0.1, 0.15) is 46.4 Å². The van der Waals surface area contributed by atoms with E-state index in [1.54, 1.807) is 6.33 Å². The van der Waals surface area contributed by atoms with Crippen LogP contribution < -0.4 is 4.90 Å². The van der Waals surface area contributed by atoms with Crippen molar-refractivity contribution in [3.05, 3.63) is 53.0 Å². The molecule has 1 aromatic carbocycles. The summed E-state index contributed by atoms with van der Waals surface area (Å²) in [5.74, 6) is 1.18. The third-order valence-electron chi connectivity index (χ3n) is 6.77. The first-order chi connectivity index (χ1) is 14.2. The number of aromatic nitrogens is 2. The number of amides is 1. The van der Waals surface area contributed by atoms with Crippen LogP contribution in [0.15, 0.2) is 30.6 Å². The fourth-order valence-electron chi connectivity index (χ4n) is 4.71. The molecule has 1 aromatic heterocycles. The van der Waals surface area contributed by atoms with E-state index in [-0.39, 0.29) is 5.91 Å². The molecule has 0 atom stereocenters. The standard InChI is InChI=1S/C23H29N5O/c1-17-5-7-18(8-6-17)23(29)28-10-9-20-21(15-28)24-16-25-22(20)27-13-11-26(12-14-27)19-3-2-4-19/h5-8,16,19H,2-4,9-15H2,1H3. The lowest BCUT2D eigenvalue weighted by atomic mass is 9.91. The van der Waals surface area contributed by atoms with Crippen LogP contribution in [0.25, 0.3) is 0 Å². The summed E-state index contributed by atoms with van der Waals surface area (Å²) in [7, 11) is 0. The molecule has 29 heavy (non-hydrogen) atoms.